The predicted octanol–water partition coefficient (Wildman–Crippen LogP) is 4.37. The standard InChI is InChI=1S/C9H12B3F9O3/c13-7(14,15)1-4-10-22-11(5-2-8(16,17)18)24-12(23-10)6-3-9(19,20)21/h1-6H2. The molecule has 0 unspecified atom stereocenters. The first-order valence-electron chi connectivity index (χ1n) is 6.90. The van der Waals surface area contributed by atoms with E-state index in [1.165, 1.54) is 0 Å². The normalized spacial score (nSPS) is 17.6. The van der Waals surface area contributed by atoms with Gasteiger partial charge in [-0.2, -0.15) is 39.5 Å². The lowest BCUT2D eigenvalue weighted by atomic mass is 9.64. The Balaban J connectivity index is 2.60. The van der Waals surface area contributed by atoms with E-state index in [2.05, 4.69) is 0 Å². The predicted molar refractivity (Wildman–Crippen MR) is 67.0 cm³/mol. The van der Waals surface area contributed by atoms with Crippen LogP contribution >= 0.6 is 0 Å². The third-order valence-electron chi connectivity index (χ3n) is 2.90. The number of rotatable bonds is 6. The van der Waals surface area contributed by atoms with Gasteiger partial charge in [0, 0.05) is 19.3 Å². The van der Waals surface area contributed by atoms with Crippen molar-refractivity contribution in [3.05, 3.63) is 0 Å². The summed E-state index contributed by atoms with van der Waals surface area (Å²) in [6.45, 7) is 0. The largest absolute Gasteiger partial charge is 0.453 e. The molecular weight excluding hydrogens is 360 g/mol. The Morgan fingerprint density at radius 2 is 0.667 bits per heavy atom. The zero-order valence-electron chi connectivity index (χ0n) is 12.1. The quantitative estimate of drug-likeness (QED) is 0.512. The van der Waals surface area contributed by atoms with Crippen molar-refractivity contribution in [2.24, 2.45) is 0 Å². The summed E-state index contributed by atoms with van der Waals surface area (Å²) in [4.78, 5) is 0. The SMILES string of the molecule is FC(F)(F)CCB1OB(CCC(F)(F)F)OB(CCC(F)(F)F)O1. The molecular formula is C9H12B3F9O3. The van der Waals surface area contributed by atoms with Crippen LogP contribution in [0, 0.1) is 0 Å². The minimum atomic E-state index is -4.56. The van der Waals surface area contributed by atoms with Gasteiger partial charge in [-0.3, -0.25) is 0 Å². The first-order chi connectivity index (χ1) is 10.7. The summed E-state index contributed by atoms with van der Waals surface area (Å²) < 4.78 is 124. The highest BCUT2D eigenvalue weighted by Gasteiger charge is 2.44. The van der Waals surface area contributed by atoms with Gasteiger partial charge in [-0.15, -0.1) is 0 Å². The third-order valence-corrected chi connectivity index (χ3v) is 2.90. The van der Waals surface area contributed by atoms with Crippen LogP contribution in [0.15, 0.2) is 0 Å². The summed E-state index contributed by atoms with van der Waals surface area (Å²) in [6.07, 6.45) is -20.0. The second-order valence-corrected chi connectivity index (χ2v) is 5.16. The molecule has 1 aliphatic heterocycles. The number of hydrogen-bond acceptors (Lipinski definition) is 3. The van der Waals surface area contributed by atoms with Gasteiger partial charge >= 0.3 is 39.9 Å². The zero-order valence-corrected chi connectivity index (χ0v) is 12.1. The van der Waals surface area contributed by atoms with Crippen molar-refractivity contribution in [3.8, 4) is 0 Å². The van der Waals surface area contributed by atoms with Crippen molar-refractivity contribution in [3.63, 3.8) is 0 Å². The maximum Gasteiger partial charge on any atom is 0.429 e. The molecule has 0 aromatic carbocycles. The van der Waals surface area contributed by atoms with Crippen molar-refractivity contribution < 1.29 is 53.2 Å². The molecule has 0 amide bonds. The number of alkyl halides is 9. The molecule has 0 spiro atoms. The average molecular weight is 372 g/mol. The second-order valence-electron chi connectivity index (χ2n) is 5.16. The average Bonchev–Trinajstić information content (AvgIpc) is 2.38. The maximum absolute atomic E-state index is 12.2. The lowest BCUT2D eigenvalue weighted by Gasteiger charge is -2.31. The monoisotopic (exact) mass is 372 g/mol. The van der Waals surface area contributed by atoms with E-state index in [4.69, 9.17) is 13.7 Å². The Labute approximate surface area is 132 Å². The molecule has 1 heterocycles. The lowest BCUT2D eigenvalue weighted by molar-refractivity contribution is -0.131. The molecule has 0 atom stereocenters. The molecule has 3 nitrogen and oxygen atoms in total. The first kappa shape index (κ1) is 21.5. The fourth-order valence-electron chi connectivity index (χ4n) is 1.86. The van der Waals surface area contributed by atoms with Crippen LogP contribution in [-0.2, 0) is 13.7 Å². The highest BCUT2D eigenvalue weighted by Crippen LogP contribution is 2.30. The molecule has 1 aliphatic rings. The Hall–Kier alpha value is -0.555. The minimum Gasteiger partial charge on any atom is -0.453 e. The highest BCUT2D eigenvalue weighted by atomic mass is 19.4. The fourth-order valence-corrected chi connectivity index (χ4v) is 1.86. The molecule has 0 aromatic rings. The molecule has 15 heteroatoms. The van der Waals surface area contributed by atoms with Crippen LogP contribution in [0.3, 0.4) is 0 Å². The summed E-state index contributed by atoms with van der Waals surface area (Å²) in [5.41, 5.74) is 0. The highest BCUT2D eigenvalue weighted by molar-refractivity contribution is 6.73. The summed E-state index contributed by atoms with van der Waals surface area (Å²) in [5, 5.41) is 0. The van der Waals surface area contributed by atoms with Gasteiger partial charge < -0.3 is 13.7 Å². The smallest absolute Gasteiger partial charge is 0.429 e. The van der Waals surface area contributed by atoms with Gasteiger partial charge in [-0.1, -0.05) is 0 Å². The van der Waals surface area contributed by atoms with Crippen LogP contribution in [0.1, 0.15) is 19.3 Å². The molecule has 0 saturated carbocycles. The molecule has 1 fully saturated rings. The van der Waals surface area contributed by atoms with Crippen molar-refractivity contribution in [2.75, 3.05) is 0 Å². The number of halogens is 9. The van der Waals surface area contributed by atoms with E-state index in [0.29, 0.717) is 0 Å². The van der Waals surface area contributed by atoms with E-state index in [-0.39, 0.29) is 0 Å². The third kappa shape index (κ3) is 10.3. The van der Waals surface area contributed by atoms with Gasteiger partial charge in [-0.05, 0) is 19.0 Å². The van der Waals surface area contributed by atoms with Gasteiger partial charge in [0.25, 0.3) is 0 Å². The molecule has 0 bridgehead atoms. The molecule has 0 aliphatic carbocycles. The van der Waals surface area contributed by atoms with E-state index < -0.39 is 78.1 Å². The fraction of sp³-hybridized carbons (Fsp3) is 1.00. The summed E-state index contributed by atoms with van der Waals surface area (Å²) in [7, 11) is -4.76. The molecule has 138 valence electrons. The molecule has 24 heavy (non-hydrogen) atoms. The zero-order chi connectivity index (χ0) is 18.6. The summed E-state index contributed by atoms with van der Waals surface area (Å²) in [5.74, 6) is 0. The maximum atomic E-state index is 12.2. The Kier molecular flexibility index (Phi) is 7.36. The Morgan fingerprint density at radius 1 is 0.458 bits per heavy atom. The lowest BCUT2D eigenvalue weighted by Crippen LogP contribution is -2.49. The topological polar surface area (TPSA) is 27.7 Å². The van der Waals surface area contributed by atoms with E-state index in [0.717, 1.165) is 0 Å². The minimum absolute atomic E-state index is 0.752. The molecule has 0 radical (unpaired) electrons. The van der Waals surface area contributed by atoms with Crippen molar-refractivity contribution in [1.29, 1.82) is 0 Å². The van der Waals surface area contributed by atoms with Gasteiger partial charge in [0.2, 0.25) is 0 Å². The van der Waals surface area contributed by atoms with Crippen LogP contribution in [-0.4, -0.2) is 39.9 Å². The van der Waals surface area contributed by atoms with Crippen LogP contribution in [0.25, 0.3) is 0 Å². The van der Waals surface area contributed by atoms with Gasteiger partial charge in [-0.25, -0.2) is 0 Å². The molecule has 1 saturated heterocycles. The Bertz CT molecular complexity index is 324. The van der Waals surface area contributed by atoms with Crippen molar-refractivity contribution >= 4 is 21.4 Å². The van der Waals surface area contributed by atoms with Crippen LogP contribution < -0.4 is 0 Å². The molecule has 1 rings (SSSR count). The molecule has 0 N–H and O–H groups in total. The van der Waals surface area contributed by atoms with Crippen LogP contribution in [0.5, 0.6) is 0 Å². The summed E-state index contributed by atoms with van der Waals surface area (Å²) >= 11 is 0. The van der Waals surface area contributed by atoms with Crippen molar-refractivity contribution in [2.45, 2.75) is 56.8 Å². The van der Waals surface area contributed by atoms with E-state index in [1.807, 2.05) is 0 Å². The van der Waals surface area contributed by atoms with Gasteiger partial charge in [0.15, 0.2) is 0 Å². The summed E-state index contributed by atoms with van der Waals surface area (Å²) in [6, 6.07) is 0. The van der Waals surface area contributed by atoms with E-state index >= 15 is 0 Å². The van der Waals surface area contributed by atoms with Crippen LogP contribution in [0.4, 0.5) is 39.5 Å². The van der Waals surface area contributed by atoms with Gasteiger partial charge in [0.05, 0.1) is 0 Å². The second kappa shape index (κ2) is 8.22. The van der Waals surface area contributed by atoms with Gasteiger partial charge in [0.1, 0.15) is 0 Å². The first-order valence-corrected chi connectivity index (χ1v) is 6.90. The van der Waals surface area contributed by atoms with E-state index in [9.17, 15) is 39.5 Å². The van der Waals surface area contributed by atoms with E-state index in [1.54, 1.807) is 0 Å². The van der Waals surface area contributed by atoms with Crippen molar-refractivity contribution in [1.82, 2.24) is 0 Å². The Morgan fingerprint density at radius 3 is 0.833 bits per heavy atom. The number of hydrogen-bond donors (Lipinski definition) is 0. The molecule has 0 aromatic heterocycles. The van der Waals surface area contributed by atoms with Crippen LogP contribution in [0.2, 0.25) is 19.0 Å².